The highest BCUT2D eigenvalue weighted by Gasteiger charge is 2.20. The Morgan fingerprint density at radius 1 is 1.35 bits per heavy atom. The van der Waals surface area contributed by atoms with Crippen LogP contribution in [0.2, 0.25) is 0 Å². The summed E-state index contributed by atoms with van der Waals surface area (Å²) in [5.74, 6) is 2.38. The number of hydrogen-bond acceptors (Lipinski definition) is 4. The van der Waals surface area contributed by atoms with Gasteiger partial charge in [-0.25, -0.2) is 9.98 Å². The highest BCUT2D eigenvalue weighted by atomic mass is 127. The van der Waals surface area contributed by atoms with Crippen molar-refractivity contribution in [3.63, 3.8) is 0 Å². The largest absolute Gasteiger partial charge is 0.357 e. The third-order valence-electron chi connectivity index (χ3n) is 4.51. The fourth-order valence-electron chi connectivity index (χ4n) is 3.45. The molecule has 7 heteroatoms. The summed E-state index contributed by atoms with van der Waals surface area (Å²) in [7, 11) is 0. The third kappa shape index (κ3) is 8.08. The quantitative estimate of drug-likeness (QED) is 0.345. The molecule has 0 aliphatic carbocycles. The number of piperidine rings is 1. The third-order valence-corrected chi connectivity index (χ3v) is 5.57. The maximum atomic E-state index is 4.76. The second-order valence-corrected chi connectivity index (χ2v) is 8.77. The van der Waals surface area contributed by atoms with E-state index < -0.39 is 0 Å². The van der Waals surface area contributed by atoms with Crippen LogP contribution in [0, 0.1) is 25.7 Å². The molecule has 0 spiro atoms. The molecule has 1 aromatic rings. The highest BCUT2D eigenvalue weighted by Crippen LogP contribution is 2.18. The summed E-state index contributed by atoms with van der Waals surface area (Å²) >= 11 is 1.75. The summed E-state index contributed by atoms with van der Waals surface area (Å²) in [6.07, 6.45) is 2.63. The Balaban J connectivity index is 0.00000338. The van der Waals surface area contributed by atoms with Gasteiger partial charge in [0.15, 0.2) is 5.96 Å². The molecule has 1 fully saturated rings. The van der Waals surface area contributed by atoms with Gasteiger partial charge in [-0.1, -0.05) is 13.8 Å². The lowest BCUT2D eigenvalue weighted by Gasteiger charge is -2.34. The summed E-state index contributed by atoms with van der Waals surface area (Å²) in [6.45, 7) is 17.1. The molecule has 1 atom stereocenters. The number of thiazole rings is 1. The van der Waals surface area contributed by atoms with Crippen molar-refractivity contribution < 1.29 is 0 Å². The van der Waals surface area contributed by atoms with Gasteiger partial charge in [0.1, 0.15) is 0 Å². The Morgan fingerprint density at radius 2 is 2.12 bits per heavy atom. The van der Waals surface area contributed by atoms with Gasteiger partial charge in [-0.15, -0.1) is 35.3 Å². The Bertz CT molecular complexity index is 558. The van der Waals surface area contributed by atoms with Gasteiger partial charge in [-0.05, 0) is 52.0 Å². The molecule has 0 bridgehead atoms. The van der Waals surface area contributed by atoms with Crippen LogP contribution < -0.4 is 10.6 Å². The zero-order chi connectivity index (χ0) is 18.2. The number of aryl methyl sites for hydroxylation is 2. The van der Waals surface area contributed by atoms with Crippen molar-refractivity contribution in [2.45, 2.75) is 54.0 Å². The second-order valence-electron chi connectivity index (χ2n) is 7.48. The first-order chi connectivity index (χ1) is 12.0. The predicted molar refractivity (Wildman–Crippen MR) is 124 cm³/mol. The average molecular weight is 494 g/mol. The highest BCUT2D eigenvalue weighted by molar-refractivity contribution is 14.0. The summed E-state index contributed by atoms with van der Waals surface area (Å²) in [5.41, 5.74) is 1.11. The predicted octanol–water partition coefficient (Wildman–Crippen LogP) is 3.80. The Labute approximate surface area is 180 Å². The summed E-state index contributed by atoms with van der Waals surface area (Å²) in [4.78, 5) is 13.1. The number of rotatable bonds is 7. The molecule has 1 saturated heterocycles. The SMILES string of the molecule is CCNC(=NCc1sc(C)nc1C)NCC1CCCN(CC(C)C)C1.I. The zero-order valence-corrected chi connectivity index (χ0v) is 20.1. The summed E-state index contributed by atoms with van der Waals surface area (Å²) in [5, 5.41) is 8.05. The van der Waals surface area contributed by atoms with Crippen molar-refractivity contribution in [3.05, 3.63) is 15.6 Å². The van der Waals surface area contributed by atoms with E-state index in [2.05, 4.69) is 55.1 Å². The molecule has 0 amide bonds. The minimum Gasteiger partial charge on any atom is -0.357 e. The van der Waals surface area contributed by atoms with Gasteiger partial charge < -0.3 is 15.5 Å². The van der Waals surface area contributed by atoms with E-state index in [0.717, 1.165) is 35.7 Å². The fourth-order valence-corrected chi connectivity index (χ4v) is 4.32. The van der Waals surface area contributed by atoms with Gasteiger partial charge in [0.25, 0.3) is 0 Å². The van der Waals surface area contributed by atoms with Gasteiger partial charge in [0, 0.05) is 31.1 Å². The van der Waals surface area contributed by atoms with Gasteiger partial charge in [0.2, 0.25) is 0 Å². The molecule has 2 heterocycles. The van der Waals surface area contributed by atoms with Crippen molar-refractivity contribution in [2.24, 2.45) is 16.8 Å². The molecule has 26 heavy (non-hydrogen) atoms. The molecule has 1 aromatic heterocycles. The van der Waals surface area contributed by atoms with Crippen molar-refractivity contribution in [3.8, 4) is 0 Å². The number of nitrogens with one attached hydrogen (secondary N) is 2. The number of aliphatic imine (C=N–C) groups is 1. The standard InChI is InChI=1S/C19H35N5S.HI/c1-6-20-19(22-11-18-15(4)23-16(5)25-18)21-10-17-8-7-9-24(13-17)12-14(2)3;/h14,17H,6-13H2,1-5H3,(H2,20,21,22);1H. The number of guanidine groups is 1. The fraction of sp³-hybridized carbons (Fsp3) is 0.789. The van der Waals surface area contributed by atoms with Crippen LogP contribution in [-0.2, 0) is 6.54 Å². The second kappa shape index (κ2) is 12.1. The molecule has 0 aromatic carbocycles. The van der Waals surface area contributed by atoms with Crippen LogP contribution in [0.15, 0.2) is 4.99 Å². The van der Waals surface area contributed by atoms with E-state index in [4.69, 9.17) is 4.99 Å². The number of halogens is 1. The first-order valence-electron chi connectivity index (χ1n) is 9.65. The molecule has 1 aliphatic heterocycles. The molecule has 2 N–H and O–H groups in total. The van der Waals surface area contributed by atoms with Crippen LogP contribution in [-0.4, -0.2) is 48.6 Å². The molecular formula is C19H36IN5S. The normalized spacial score (nSPS) is 18.7. The maximum Gasteiger partial charge on any atom is 0.191 e. The number of nitrogens with zero attached hydrogens (tertiary/aromatic N) is 3. The van der Waals surface area contributed by atoms with Crippen LogP contribution in [0.3, 0.4) is 0 Å². The number of likely N-dealkylation sites (tertiary alicyclic amines) is 1. The number of hydrogen-bond donors (Lipinski definition) is 2. The minimum atomic E-state index is 0. The summed E-state index contributed by atoms with van der Waals surface area (Å²) in [6, 6.07) is 0. The van der Waals surface area contributed by atoms with Crippen LogP contribution in [0.5, 0.6) is 0 Å². The van der Waals surface area contributed by atoms with Gasteiger partial charge in [0.05, 0.1) is 17.2 Å². The molecule has 2 rings (SSSR count). The maximum absolute atomic E-state index is 4.76. The Hall–Kier alpha value is -0.410. The van der Waals surface area contributed by atoms with Crippen molar-refractivity contribution in [1.82, 2.24) is 20.5 Å². The van der Waals surface area contributed by atoms with Crippen molar-refractivity contribution >= 4 is 41.3 Å². The molecule has 150 valence electrons. The smallest absolute Gasteiger partial charge is 0.191 e. The van der Waals surface area contributed by atoms with Gasteiger partial charge in [-0.3, -0.25) is 0 Å². The van der Waals surface area contributed by atoms with Gasteiger partial charge in [-0.2, -0.15) is 0 Å². The molecule has 1 aliphatic rings. The zero-order valence-electron chi connectivity index (χ0n) is 17.0. The Morgan fingerprint density at radius 3 is 2.73 bits per heavy atom. The molecule has 0 radical (unpaired) electrons. The van der Waals surface area contributed by atoms with E-state index in [-0.39, 0.29) is 24.0 Å². The first kappa shape index (κ1) is 23.6. The van der Waals surface area contributed by atoms with Gasteiger partial charge >= 0.3 is 0 Å². The van der Waals surface area contributed by atoms with Crippen LogP contribution in [0.4, 0.5) is 0 Å². The Kier molecular flexibility index (Phi) is 11.0. The lowest BCUT2D eigenvalue weighted by Crippen LogP contribution is -2.45. The van der Waals surface area contributed by atoms with Crippen LogP contribution in [0.1, 0.15) is 49.2 Å². The molecule has 5 nitrogen and oxygen atoms in total. The summed E-state index contributed by atoms with van der Waals surface area (Å²) < 4.78 is 0. The van der Waals surface area contributed by atoms with E-state index in [0.29, 0.717) is 12.5 Å². The minimum absolute atomic E-state index is 0. The van der Waals surface area contributed by atoms with Crippen LogP contribution in [0.25, 0.3) is 0 Å². The van der Waals surface area contributed by atoms with Crippen LogP contribution >= 0.6 is 35.3 Å². The van der Waals surface area contributed by atoms with E-state index in [9.17, 15) is 0 Å². The molecular weight excluding hydrogens is 457 g/mol. The first-order valence-corrected chi connectivity index (χ1v) is 10.5. The lowest BCUT2D eigenvalue weighted by atomic mass is 9.97. The van der Waals surface area contributed by atoms with Crippen molar-refractivity contribution in [2.75, 3.05) is 32.7 Å². The van der Waals surface area contributed by atoms with Crippen molar-refractivity contribution in [1.29, 1.82) is 0 Å². The lowest BCUT2D eigenvalue weighted by molar-refractivity contribution is 0.159. The topological polar surface area (TPSA) is 52.6 Å². The molecule has 1 unspecified atom stereocenters. The number of aromatic nitrogens is 1. The average Bonchev–Trinajstić information content (AvgIpc) is 2.87. The van der Waals surface area contributed by atoms with E-state index >= 15 is 0 Å². The monoisotopic (exact) mass is 493 g/mol. The van der Waals surface area contributed by atoms with E-state index in [1.165, 1.54) is 37.4 Å². The van der Waals surface area contributed by atoms with E-state index in [1.807, 2.05) is 0 Å². The molecule has 0 saturated carbocycles. The van der Waals surface area contributed by atoms with E-state index in [1.54, 1.807) is 11.3 Å².